The summed E-state index contributed by atoms with van der Waals surface area (Å²) in [6.45, 7) is 7.19. The first-order valence-corrected chi connectivity index (χ1v) is 4.72. The third kappa shape index (κ3) is 1.75. The molecule has 1 fully saturated rings. The highest BCUT2D eigenvalue weighted by molar-refractivity contribution is 5.77. The van der Waals surface area contributed by atoms with E-state index in [0.717, 1.165) is 0 Å². The Hall–Kier alpha value is -1.34. The minimum atomic E-state index is -0.950. The number of rotatable bonds is 3. The van der Waals surface area contributed by atoms with Gasteiger partial charge in [0.1, 0.15) is 0 Å². The van der Waals surface area contributed by atoms with E-state index in [2.05, 4.69) is 11.3 Å². The molecule has 0 spiro atoms. The van der Waals surface area contributed by atoms with E-state index in [9.17, 15) is 9.90 Å². The summed E-state index contributed by atoms with van der Waals surface area (Å²) in [6.07, 6.45) is -0.950. The Kier molecular flexibility index (Phi) is 2.87. The number of nitrogens with zero attached hydrogens (tertiary/aromatic N) is 1. The van der Waals surface area contributed by atoms with Gasteiger partial charge in [-0.15, -0.1) is 0 Å². The molecular formula is C11H15NO3. The second-order valence-corrected chi connectivity index (χ2v) is 4.43. The number of aliphatic hydroxyl groups is 1. The van der Waals surface area contributed by atoms with Gasteiger partial charge in [0, 0.05) is 5.92 Å². The molecule has 1 aliphatic rings. The predicted octanol–water partition coefficient (Wildman–Crippen LogP) is 0.872. The van der Waals surface area contributed by atoms with Crippen molar-refractivity contribution < 1.29 is 14.6 Å². The van der Waals surface area contributed by atoms with Crippen LogP contribution in [0.15, 0.2) is 12.2 Å². The highest BCUT2D eigenvalue weighted by Crippen LogP contribution is 2.61. The molecule has 0 aromatic rings. The maximum atomic E-state index is 11.4. The van der Waals surface area contributed by atoms with Crippen molar-refractivity contribution >= 4 is 5.97 Å². The van der Waals surface area contributed by atoms with E-state index in [1.165, 1.54) is 7.11 Å². The van der Waals surface area contributed by atoms with E-state index in [4.69, 9.17) is 5.26 Å². The van der Waals surface area contributed by atoms with Crippen LogP contribution in [0.25, 0.3) is 0 Å². The van der Waals surface area contributed by atoms with Gasteiger partial charge in [0.15, 0.2) is 0 Å². The quantitative estimate of drug-likeness (QED) is 0.553. The van der Waals surface area contributed by atoms with Crippen LogP contribution in [0, 0.1) is 28.6 Å². The van der Waals surface area contributed by atoms with Gasteiger partial charge in [-0.2, -0.15) is 5.26 Å². The molecule has 1 saturated carbocycles. The number of hydrogen-bond donors (Lipinski definition) is 1. The molecule has 0 radical (unpaired) electrons. The fourth-order valence-corrected chi connectivity index (χ4v) is 2.13. The standard InChI is InChI=1S/C11H15NO3/c1-6(5-12)9(13)7-8(10(14)15-4)11(7,2)3/h7-9,13H,1H2,2-4H3/t7-,8-,9?/m0/s1. The minimum Gasteiger partial charge on any atom is -0.469 e. The van der Waals surface area contributed by atoms with Gasteiger partial charge in [-0.25, -0.2) is 0 Å². The number of carbonyl (C=O) groups is 1. The number of esters is 1. The number of ether oxygens (including phenoxy) is 1. The fraction of sp³-hybridized carbons (Fsp3) is 0.636. The van der Waals surface area contributed by atoms with Gasteiger partial charge >= 0.3 is 5.97 Å². The molecule has 0 aromatic heterocycles. The Balaban J connectivity index is 2.79. The van der Waals surface area contributed by atoms with Crippen LogP contribution in [-0.2, 0) is 9.53 Å². The molecule has 4 nitrogen and oxygen atoms in total. The molecule has 1 aliphatic carbocycles. The molecule has 0 amide bonds. The number of aliphatic hydroxyl groups excluding tert-OH is 1. The van der Waals surface area contributed by atoms with E-state index in [0.29, 0.717) is 0 Å². The summed E-state index contributed by atoms with van der Waals surface area (Å²) in [5.74, 6) is -0.950. The average Bonchev–Trinajstić information content (AvgIpc) is 2.78. The second-order valence-electron chi connectivity index (χ2n) is 4.43. The first-order valence-electron chi connectivity index (χ1n) is 4.72. The highest BCUT2D eigenvalue weighted by atomic mass is 16.5. The average molecular weight is 209 g/mol. The van der Waals surface area contributed by atoms with Crippen LogP contribution in [0.5, 0.6) is 0 Å². The molecule has 3 atom stereocenters. The van der Waals surface area contributed by atoms with E-state index in [1.807, 2.05) is 13.8 Å². The summed E-state index contributed by atoms with van der Waals surface area (Å²) in [5.41, 5.74) is -0.230. The first kappa shape index (κ1) is 11.7. The van der Waals surface area contributed by atoms with Crippen LogP contribution < -0.4 is 0 Å². The van der Waals surface area contributed by atoms with Crippen molar-refractivity contribution in [1.82, 2.24) is 0 Å². The van der Waals surface area contributed by atoms with Crippen LogP contribution in [-0.4, -0.2) is 24.3 Å². The fourth-order valence-electron chi connectivity index (χ4n) is 2.13. The van der Waals surface area contributed by atoms with Crippen molar-refractivity contribution in [2.75, 3.05) is 7.11 Å². The van der Waals surface area contributed by atoms with Gasteiger partial charge in [-0.1, -0.05) is 20.4 Å². The lowest BCUT2D eigenvalue weighted by molar-refractivity contribution is -0.143. The molecule has 0 saturated heterocycles. The third-order valence-electron chi connectivity index (χ3n) is 3.21. The Morgan fingerprint density at radius 3 is 2.60 bits per heavy atom. The normalized spacial score (nSPS) is 28.7. The van der Waals surface area contributed by atoms with Crippen LogP contribution >= 0.6 is 0 Å². The zero-order valence-electron chi connectivity index (χ0n) is 9.15. The Labute approximate surface area is 89.2 Å². The molecule has 0 bridgehead atoms. The summed E-state index contributed by atoms with van der Waals surface area (Å²) in [5, 5.41) is 18.4. The van der Waals surface area contributed by atoms with Crippen molar-refractivity contribution in [3.05, 3.63) is 12.2 Å². The van der Waals surface area contributed by atoms with Crippen LogP contribution in [0.4, 0.5) is 0 Å². The van der Waals surface area contributed by atoms with Crippen molar-refractivity contribution in [3.63, 3.8) is 0 Å². The lowest BCUT2D eigenvalue weighted by atomic mass is 10.0. The summed E-state index contributed by atoms with van der Waals surface area (Å²) in [7, 11) is 1.32. The zero-order chi connectivity index (χ0) is 11.8. The second kappa shape index (κ2) is 3.67. The van der Waals surface area contributed by atoms with E-state index in [-0.39, 0.29) is 28.8 Å². The summed E-state index contributed by atoms with van der Waals surface area (Å²) in [6, 6.07) is 1.80. The van der Waals surface area contributed by atoms with Crippen LogP contribution in [0.2, 0.25) is 0 Å². The van der Waals surface area contributed by atoms with Crippen molar-refractivity contribution in [2.24, 2.45) is 17.3 Å². The molecule has 4 heteroatoms. The Morgan fingerprint density at radius 1 is 1.67 bits per heavy atom. The molecule has 0 heterocycles. The van der Waals surface area contributed by atoms with Gasteiger partial charge in [0.2, 0.25) is 0 Å². The van der Waals surface area contributed by atoms with Crippen molar-refractivity contribution in [3.8, 4) is 6.07 Å². The SMILES string of the molecule is C=C(C#N)C(O)[C@@H]1[C@@H](C(=O)OC)C1(C)C. The molecular weight excluding hydrogens is 194 g/mol. The van der Waals surface area contributed by atoms with E-state index < -0.39 is 6.10 Å². The first-order chi connectivity index (χ1) is 6.87. The van der Waals surface area contributed by atoms with E-state index >= 15 is 0 Å². The third-order valence-corrected chi connectivity index (χ3v) is 3.21. The summed E-state index contributed by atoms with van der Waals surface area (Å²) >= 11 is 0. The van der Waals surface area contributed by atoms with Crippen LogP contribution in [0.1, 0.15) is 13.8 Å². The number of carbonyl (C=O) groups excluding carboxylic acids is 1. The molecule has 15 heavy (non-hydrogen) atoms. The molecule has 1 rings (SSSR count). The summed E-state index contributed by atoms with van der Waals surface area (Å²) in [4.78, 5) is 11.4. The topological polar surface area (TPSA) is 70.3 Å². The van der Waals surface area contributed by atoms with Crippen LogP contribution in [0.3, 0.4) is 0 Å². The molecule has 82 valence electrons. The largest absolute Gasteiger partial charge is 0.469 e. The van der Waals surface area contributed by atoms with Gasteiger partial charge in [0.05, 0.1) is 30.8 Å². The van der Waals surface area contributed by atoms with E-state index in [1.54, 1.807) is 6.07 Å². The Bertz CT molecular complexity index is 340. The lowest BCUT2D eigenvalue weighted by Crippen LogP contribution is -2.16. The van der Waals surface area contributed by atoms with Gasteiger partial charge in [-0.3, -0.25) is 4.79 Å². The number of nitriles is 1. The monoisotopic (exact) mass is 209 g/mol. The molecule has 1 N–H and O–H groups in total. The van der Waals surface area contributed by atoms with Gasteiger partial charge in [-0.05, 0) is 5.41 Å². The highest BCUT2D eigenvalue weighted by Gasteiger charge is 2.65. The van der Waals surface area contributed by atoms with Crippen molar-refractivity contribution in [1.29, 1.82) is 5.26 Å². The Morgan fingerprint density at radius 2 is 2.20 bits per heavy atom. The van der Waals surface area contributed by atoms with Crippen molar-refractivity contribution in [2.45, 2.75) is 20.0 Å². The molecule has 0 aliphatic heterocycles. The molecule has 0 aromatic carbocycles. The van der Waals surface area contributed by atoms with Gasteiger partial charge < -0.3 is 9.84 Å². The molecule has 1 unspecified atom stereocenters. The maximum absolute atomic E-state index is 11.4. The number of methoxy groups -OCH3 is 1. The minimum absolute atomic E-state index is 0.0967. The van der Waals surface area contributed by atoms with Gasteiger partial charge in [0.25, 0.3) is 0 Å². The number of hydrogen-bond acceptors (Lipinski definition) is 4. The zero-order valence-corrected chi connectivity index (χ0v) is 9.15. The maximum Gasteiger partial charge on any atom is 0.309 e. The predicted molar refractivity (Wildman–Crippen MR) is 53.5 cm³/mol. The lowest BCUT2D eigenvalue weighted by Gasteiger charge is -2.08. The smallest absolute Gasteiger partial charge is 0.309 e. The summed E-state index contributed by atoms with van der Waals surface area (Å²) < 4.78 is 4.64.